The van der Waals surface area contributed by atoms with Gasteiger partial charge in [0.05, 0.1) is 5.52 Å². The number of rotatable bonds is 3. The molecule has 0 saturated carbocycles. The fraction of sp³-hybridized carbons (Fsp3) is 0. The van der Waals surface area contributed by atoms with Crippen LogP contribution in [0.2, 0.25) is 0 Å². The van der Waals surface area contributed by atoms with Crippen LogP contribution in [0, 0.1) is 0 Å². The number of anilines is 3. The van der Waals surface area contributed by atoms with Gasteiger partial charge in [-0.2, -0.15) is 0 Å². The summed E-state index contributed by atoms with van der Waals surface area (Å²) in [6, 6.07) is 46.8. The van der Waals surface area contributed by atoms with Crippen LogP contribution in [0.3, 0.4) is 0 Å². The minimum absolute atomic E-state index is 0.878. The van der Waals surface area contributed by atoms with Gasteiger partial charge in [-0.1, -0.05) is 54.6 Å². The first kappa shape index (κ1) is 23.9. The number of aromatic nitrogens is 1. The zero-order valence-corrected chi connectivity index (χ0v) is 24.1. The highest BCUT2D eigenvalue weighted by Crippen LogP contribution is 2.43. The molecule has 0 bridgehead atoms. The Kier molecular flexibility index (Phi) is 4.84. The van der Waals surface area contributed by atoms with Crippen molar-refractivity contribution in [3.63, 3.8) is 0 Å². The number of pyridine rings is 1. The fourth-order valence-corrected chi connectivity index (χ4v) is 7.63. The second kappa shape index (κ2) is 8.93. The SMILES string of the molecule is c1ccc2nc3sc4ccc(N(c5ccc6oc7ccccc7c6c5)c5ccc6oc7ccccc7c6c5)cc4c3cc2c1. The summed E-state index contributed by atoms with van der Waals surface area (Å²) in [6.07, 6.45) is 0. The van der Waals surface area contributed by atoms with Crippen molar-refractivity contribution in [1.82, 2.24) is 4.98 Å². The van der Waals surface area contributed by atoms with E-state index < -0.39 is 0 Å². The average Bonchev–Trinajstić information content (AvgIpc) is 3.74. The van der Waals surface area contributed by atoms with Gasteiger partial charge in [0.2, 0.25) is 0 Å². The summed E-state index contributed by atoms with van der Waals surface area (Å²) in [5.74, 6) is 0. The zero-order valence-electron chi connectivity index (χ0n) is 23.3. The Morgan fingerprint density at radius 2 is 1.00 bits per heavy atom. The maximum absolute atomic E-state index is 6.19. The van der Waals surface area contributed by atoms with Gasteiger partial charge in [0, 0.05) is 59.5 Å². The maximum Gasteiger partial charge on any atom is 0.135 e. The molecular weight excluding hydrogens is 561 g/mol. The molecule has 10 aromatic rings. The van der Waals surface area contributed by atoms with Crippen molar-refractivity contribution in [3.05, 3.63) is 133 Å². The Hall–Kier alpha value is -5.65. The van der Waals surface area contributed by atoms with E-state index >= 15 is 0 Å². The van der Waals surface area contributed by atoms with Crippen LogP contribution in [0.5, 0.6) is 0 Å². The second-order valence-electron chi connectivity index (χ2n) is 11.2. The largest absolute Gasteiger partial charge is 0.456 e. The first-order valence-electron chi connectivity index (χ1n) is 14.6. The third kappa shape index (κ3) is 3.47. The number of thiophene rings is 1. The molecule has 4 nitrogen and oxygen atoms in total. The molecular formula is C39H22N2O2S. The normalized spacial score (nSPS) is 12.1. The van der Waals surface area contributed by atoms with Gasteiger partial charge >= 0.3 is 0 Å². The van der Waals surface area contributed by atoms with Gasteiger partial charge in [-0.15, -0.1) is 11.3 Å². The molecule has 5 heteroatoms. The third-order valence-electron chi connectivity index (χ3n) is 8.64. The van der Waals surface area contributed by atoms with Crippen molar-refractivity contribution >= 4 is 103 Å². The molecule has 0 aliphatic heterocycles. The minimum Gasteiger partial charge on any atom is -0.456 e. The van der Waals surface area contributed by atoms with E-state index in [0.29, 0.717) is 0 Å². The number of hydrogen-bond acceptors (Lipinski definition) is 5. The Morgan fingerprint density at radius 3 is 1.68 bits per heavy atom. The molecule has 0 N–H and O–H groups in total. The van der Waals surface area contributed by atoms with Crippen LogP contribution in [-0.4, -0.2) is 4.98 Å². The van der Waals surface area contributed by atoms with Crippen LogP contribution in [0.15, 0.2) is 142 Å². The molecule has 0 saturated heterocycles. The summed E-state index contributed by atoms with van der Waals surface area (Å²) < 4.78 is 13.6. The van der Waals surface area contributed by atoms with Gasteiger partial charge in [-0.3, -0.25) is 0 Å². The molecule has 44 heavy (non-hydrogen) atoms. The summed E-state index contributed by atoms with van der Waals surface area (Å²) in [7, 11) is 0. The van der Waals surface area contributed by atoms with Crippen molar-refractivity contribution in [3.8, 4) is 0 Å². The molecule has 0 radical (unpaired) electrons. The third-order valence-corrected chi connectivity index (χ3v) is 9.72. The Morgan fingerprint density at radius 1 is 0.455 bits per heavy atom. The first-order valence-corrected chi connectivity index (χ1v) is 15.4. The molecule has 0 aliphatic rings. The lowest BCUT2D eigenvalue weighted by atomic mass is 10.1. The van der Waals surface area contributed by atoms with E-state index in [4.69, 9.17) is 13.8 Å². The summed E-state index contributed by atoms with van der Waals surface area (Å²) in [5.41, 5.74) is 7.75. The quantitative estimate of drug-likeness (QED) is 0.208. The monoisotopic (exact) mass is 582 g/mol. The molecule has 0 atom stereocenters. The van der Waals surface area contributed by atoms with Gasteiger partial charge in [-0.05, 0) is 78.9 Å². The molecule has 0 amide bonds. The first-order chi connectivity index (χ1) is 21.8. The lowest BCUT2D eigenvalue weighted by Crippen LogP contribution is -2.09. The smallest absolute Gasteiger partial charge is 0.135 e. The number of para-hydroxylation sites is 3. The topological polar surface area (TPSA) is 42.4 Å². The summed E-state index contributed by atoms with van der Waals surface area (Å²) in [6.45, 7) is 0. The molecule has 4 aromatic heterocycles. The number of nitrogens with zero attached hydrogens (tertiary/aromatic N) is 2. The standard InChI is InChI=1S/C39H22N2O2S/c1-4-10-33-23(7-1)19-32-31-22-26(15-18-38(31)44-39(32)40-33)41(24-13-16-36-29(20-24)27-8-2-5-11-34(27)42-36)25-14-17-37-30(21-25)28-9-3-6-12-35(28)43-37/h1-22H. The van der Waals surface area contributed by atoms with Crippen LogP contribution in [-0.2, 0) is 0 Å². The lowest BCUT2D eigenvalue weighted by molar-refractivity contribution is 0.668. The molecule has 0 unspecified atom stereocenters. The summed E-state index contributed by atoms with van der Waals surface area (Å²) in [4.78, 5) is 8.39. The zero-order chi connectivity index (χ0) is 28.8. The van der Waals surface area contributed by atoms with E-state index in [1.54, 1.807) is 11.3 Å². The van der Waals surface area contributed by atoms with E-state index in [1.165, 1.54) is 15.5 Å². The number of furan rings is 2. The van der Waals surface area contributed by atoms with Crippen molar-refractivity contribution in [1.29, 1.82) is 0 Å². The Labute approximate surface area is 255 Å². The fourth-order valence-electron chi connectivity index (χ4n) is 6.58. The van der Waals surface area contributed by atoms with E-state index in [9.17, 15) is 0 Å². The van der Waals surface area contributed by atoms with Gasteiger partial charge < -0.3 is 13.7 Å². The van der Waals surface area contributed by atoms with Crippen molar-refractivity contribution < 1.29 is 8.83 Å². The highest BCUT2D eigenvalue weighted by Gasteiger charge is 2.19. The van der Waals surface area contributed by atoms with Crippen LogP contribution in [0.25, 0.3) is 75.1 Å². The molecule has 0 fully saturated rings. The molecule has 6 aromatic carbocycles. The van der Waals surface area contributed by atoms with Gasteiger partial charge in [0.15, 0.2) is 0 Å². The minimum atomic E-state index is 0.878. The number of hydrogen-bond donors (Lipinski definition) is 0. The van der Waals surface area contributed by atoms with Crippen molar-refractivity contribution in [2.24, 2.45) is 0 Å². The Bertz CT molecular complexity index is 2640. The molecule has 10 rings (SSSR count). The van der Waals surface area contributed by atoms with Crippen molar-refractivity contribution in [2.45, 2.75) is 0 Å². The van der Waals surface area contributed by atoms with Gasteiger partial charge in [-0.25, -0.2) is 4.98 Å². The number of fused-ring (bicyclic) bond motifs is 10. The van der Waals surface area contributed by atoms with Crippen LogP contribution < -0.4 is 4.90 Å². The van der Waals surface area contributed by atoms with Gasteiger partial charge in [0.1, 0.15) is 27.2 Å². The second-order valence-corrected chi connectivity index (χ2v) is 12.2. The maximum atomic E-state index is 6.19. The van der Waals surface area contributed by atoms with Crippen molar-refractivity contribution in [2.75, 3.05) is 4.90 Å². The highest BCUT2D eigenvalue weighted by atomic mass is 32.1. The van der Waals surface area contributed by atoms with Crippen LogP contribution in [0.1, 0.15) is 0 Å². The van der Waals surface area contributed by atoms with E-state index in [1.807, 2.05) is 30.3 Å². The predicted molar refractivity (Wildman–Crippen MR) is 184 cm³/mol. The molecule has 4 heterocycles. The predicted octanol–water partition coefficient (Wildman–Crippen LogP) is 11.9. The average molecular weight is 583 g/mol. The van der Waals surface area contributed by atoms with Gasteiger partial charge in [0.25, 0.3) is 0 Å². The highest BCUT2D eigenvalue weighted by molar-refractivity contribution is 7.25. The molecule has 206 valence electrons. The molecule has 0 spiro atoms. The lowest BCUT2D eigenvalue weighted by Gasteiger charge is -2.26. The van der Waals surface area contributed by atoms with Crippen LogP contribution in [0.4, 0.5) is 17.1 Å². The van der Waals surface area contributed by atoms with E-state index in [2.05, 4.69) is 108 Å². The van der Waals surface area contributed by atoms with E-state index in [0.717, 1.165) is 76.7 Å². The summed E-state index contributed by atoms with van der Waals surface area (Å²) in [5, 5.41) is 7.94. The summed E-state index contributed by atoms with van der Waals surface area (Å²) >= 11 is 1.74. The number of benzene rings is 6. The molecule has 0 aliphatic carbocycles. The van der Waals surface area contributed by atoms with E-state index in [-0.39, 0.29) is 0 Å². The van der Waals surface area contributed by atoms with Crippen LogP contribution >= 0.6 is 11.3 Å². The Balaban J connectivity index is 1.24.